The van der Waals surface area contributed by atoms with Crippen molar-refractivity contribution in [3.8, 4) is 0 Å². The van der Waals surface area contributed by atoms with Gasteiger partial charge in [-0.1, -0.05) is 73.0 Å². The summed E-state index contributed by atoms with van der Waals surface area (Å²) in [6.07, 6.45) is 20.9. The predicted octanol–water partition coefficient (Wildman–Crippen LogP) is 9.91. The highest BCUT2D eigenvalue weighted by Gasteiger charge is 2.53. The molecule has 0 aliphatic heterocycles. The number of ether oxygens (including phenoxy) is 2. The van der Waals surface area contributed by atoms with Gasteiger partial charge < -0.3 is 9.47 Å². The molecule has 0 unspecified atom stereocenters. The monoisotopic (exact) mass is 556 g/mol. The molecule has 4 bridgehead atoms. The number of carbonyl (C=O) groups is 2. The lowest BCUT2D eigenvalue weighted by Crippen LogP contribution is -2.50. The Hall–Kier alpha value is -1.58. The minimum absolute atomic E-state index is 0.201. The second kappa shape index (κ2) is 14.1. The van der Waals surface area contributed by atoms with Crippen molar-refractivity contribution < 1.29 is 19.1 Å². The number of carbonyl (C=O) groups excluding carboxylic acids is 2. The SMILES string of the molecule is C=C(C)C(=O)OC(CC)(CC)CC12CC3CC(CC(C3)C1)C2.C=C(C)C(=O)OC(CC)(CC)CC1CCCCC1. The van der Waals surface area contributed by atoms with Crippen molar-refractivity contribution in [3.05, 3.63) is 24.3 Å². The van der Waals surface area contributed by atoms with Gasteiger partial charge in [-0.25, -0.2) is 9.59 Å². The lowest BCUT2D eigenvalue weighted by Gasteiger charge is -2.58. The average Bonchev–Trinajstić information content (AvgIpc) is 2.92. The maximum atomic E-state index is 12.1. The maximum absolute atomic E-state index is 12.1. The zero-order chi connectivity index (χ0) is 29.6. The van der Waals surface area contributed by atoms with Crippen LogP contribution in [0.4, 0.5) is 0 Å². The highest BCUT2D eigenvalue weighted by Crippen LogP contribution is 2.63. The van der Waals surface area contributed by atoms with E-state index >= 15 is 0 Å². The van der Waals surface area contributed by atoms with Crippen molar-refractivity contribution in [2.75, 3.05) is 0 Å². The Morgan fingerprint density at radius 1 is 0.700 bits per heavy atom. The van der Waals surface area contributed by atoms with E-state index < -0.39 is 0 Å². The molecule has 5 saturated carbocycles. The van der Waals surface area contributed by atoms with Crippen LogP contribution in [-0.4, -0.2) is 23.1 Å². The van der Waals surface area contributed by atoms with Gasteiger partial charge in [0.15, 0.2) is 0 Å². The summed E-state index contributed by atoms with van der Waals surface area (Å²) in [6.45, 7) is 19.5. The third-order valence-electron chi connectivity index (χ3n) is 11.1. The van der Waals surface area contributed by atoms with Crippen LogP contribution in [-0.2, 0) is 19.1 Å². The summed E-state index contributed by atoms with van der Waals surface area (Å²) in [5.74, 6) is 3.16. The molecule has 0 amide bonds. The van der Waals surface area contributed by atoms with Crippen molar-refractivity contribution in [2.24, 2.45) is 29.1 Å². The van der Waals surface area contributed by atoms with E-state index in [4.69, 9.17) is 9.47 Å². The molecule has 40 heavy (non-hydrogen) atoms. The molecule has 5 aliphatic rings. The van der Waals surface area contributed by atoms with Crippen LogP contribution in [0.1, 0.15) is 151 Å². The standard InChI is InChI=1S/C20H32O2.C16H28O2/c1-5-20(6-2,22-18(21)14(3)4)13-19-10-15-7-16(11-19)9-17(8-15)12-19;1-5-16(6-2,18-15(17)13(3)4)12-14-10-8-7-9-11-14/h15-17H,3,5-13H2,1-2,4H3;14H,3,5-12H2,1-2,4H3. The summed E-state index contributed by atoms with van der Waals surface area (Å²) in [6, 6.07) is 0. The van der Waals surface area contributed by atoms with Gasteiger partial charge in [-0.05, 0) is 120 Å². The molecule has 0 spiro atoms. The fourth-order valence-electron chi connectivity index (χ4n) is 9.08. The second-order valence-electron chi connectivity index (χ2n) is 14.4. The van der Waals surface area contributed by atoms with Crippen LogP contribution < -0.4 is 0 Å². The first-order chi connectivity index (χ1) is 18.9. The fourth-order valence-corrected chi connectivity index (χ4v) is 9.08. The molecule has 4 nitrogen and oxygen atoms in total. The topological polar surface area (TPSA) is 52.6 Å². The van der Waals surface area contributed by atoms with Crippen LogP contribution >= 0.6 is 0 Å². The average molecular weight is 557 g/mol. The molecular weight excluding hydrogens is 496 g/mol. The van der Waals surface area contributed by atoms with Gasteiger partial charge in [0.25, 0.3) is 0 Å². The molecule has 0 aromatic heterocycles. The molecule has 0 heterocycles. The Labute approximate surface area is 246 Å². The molecule has 0 N–H and O–H groups in total. The van der Waals surface area contributed by atoms with Crippen molar-refractivity contribution >= 4 is 11.9 Å². The largest absolute Gasteiger partial charge is 0.456 e. The molecule has 5 fully saturated rings. The van der Waals surface area contributed by atoms with Crippen LogP contribution in [0.15, 0.2) is 24.3 Å². The molecule has 228 valence electrons. The van der Waals surface area contributed by atoms with Crippen LogP contribution in [0, 0.1) is 29.1 Å². The summed E-state index contributed by atoms with van der Waals surface area (Å²) in [5, 5.41) is 0. The summed E-state index contributed by atoms with van der Waals surface area (Å²) in [5.41, 5.74) is 0.942. The van der Waals surface area contributed by atoms with Gasteiger partial charge in [-0.3, -0.25) is 0 Å². The normalized spacial score (nSPS) is 27.9. The third kappa shape index (κ3) is 8.25. The molecule has 0 radical (unpaired) electrons. The van der Waals surface area contributed by atoms with Crippen LogP contribution in [0.5, 0.6) is 0 Å². The van der Waals surface area contributed by atoms with Crippen molar-refractivity contribution in [1.29, 1.82) is 0 Å². The van der Waals surface area contributed by atoms with E-state index in [0.29, 0.717) is 16.6 Å². The van der Waals surface area contributed by atoms with Gasteiger partial charge >= 0.3 is 11.9 Å². The molecule has 5 rings (SSSR count). The minimum atomic E-state index is -0.276. The first kappa shape index (κ1) is 32.9. The Morgan fingerprint density at radius 3 is 1.48 bits per heavy atom. The van der Waals surface area contributed by atoms with Crippen LogP contribution in [0.25, 0.3) is 0 Å². The molecular formula is C36H60O4. The van der Waals surface area contributed by atoms with Gasteiger partial charge in [0, 0.05) is 11.1 Å². The first-order valence-electron chi connectivity index (χ1n) is 16.7. The van der Waals surface area contributed by atoms with E-state index in [1.54, 1.807) is 13.8 Å². The quantitative estimate of drug-likeness (QED) is 0.177. The number of rotatable bonds is 12. The fraction of sp³-hybridized carbons (Fsp3) is 0.833. The summed E-state index contributed by atoms with van der Waals surface area (Å²) < 4.78 is 11.8. The zero-order valence-electron chi connectivity index (χ0n) is 26.9. The molecule has 0 aromatic carbocycles. The van der Waals surface area contributed by atoms with Gasteiger partial charge in [-0.2, -0.15) is 0 Å². The van der Waals surface area contributed by atoms with Crippen molar-refractivity contribution in [1.82, 2.24) is 0 Å². The molecule has 0 aromatic rings. The van der Waals surface area contributed by atoms with Crippen LogP contribution in [0.2, 0.25) is 0 Å². The van der Waals surface area contributed by atoms with Crippen molar-refractivity contribution in [3.63, 3.8) is 0 Å². The van der Waals surface area contributed by atoms with Crippen molar-refractivity contribution in [2.45, 2.75) is 162 Å². The Kier molecular flexibility index (Phi) is 11.6. The van der Waals surface area contributed by atoms with E-state index in [-0.39, 0.29) is 23.1 Å². The summed E-state index contributed by atoms with van der Waals surface area (Å²) in [4.78, 5) is 23.9. The van der Waals surface area contributed by atoms with E-state index in [9.17, 15) is 9.59 Å². The third-order valence-corrected chi connectivity index (χ3v) is 11.1. The highest BCUT2D eigenvalue weighted by atomic mass is 16.6. The van der Waals surface area contributed by atoms with E-state index in [1.807, 2.05) is 0 Å². The summed E-state index contributed by atoms with van der Waals surface area (Å²) in [7, 11) is 0. The lowest BCUT2D eigenvalue weighted by molar-refractivity contribution is -0.167. The Balaban J connectivity index is 0.000000226. The van der Waals surface area contributed by atoms with Crippen LogP contribution in [0.3, 0.4) is 0 Å². The molecule has 4 heteroatoms. The van der Waals surface area contributed by atoms with Gasteiger partial charge in [0.1, 0.15) is 11.2 Å². The maximum Gasteiger partial charge on any atom is 0.333 e. The number of hydrogen-bond acceptors (Lipinski definition) is 4. The molecule has 0 atom stereocenters. The zero-order valence-corrected chi connectivity index (χ0v) is 26.9. The Morgan fingerprint density at radius 2 is 1.10 bits per heavy atom. The summed E-state index contributed by atoms with van der Waals surface area (Å²) >= 11 is 0. The highest BCUT2D eigenvalue weighted by molar-refractivity contribution is 5.87. The second-order valence-corrected chi connectivity index (χ2v) is 14.4. The molecule has 5 aliphatic carbocycles. The van der Waals surface area contributed by atoms with Gasteiger partial charge in [0.2, 0.25) is 0 Å². The van der Waals surface area contributed by atoms with Gasteiger partial charge in [-0.15, -0.1) is 0 Å². The lowest BCUT2D eigenvalue weighted by atomic mass is 9.47. The van der Waals surface area contributed by atoms with E-state index in [0.717, 1.165) is 62.2 Å². The minimum Gasteiger partial charge on any atom is -0.456 e. The number of hydrogen-bond donors (Lipinski definition) is 0. The number of esters is 2. The van der Waals surface area contributed by atoms with E-state index in [1.165, 1.54) is 70.6 Å². The predicted molar refractivity (Wildman–Crippen MR) is 165 cm³/mol. The smallest absolute Gasteiger partial charge is 0.333 e. The Bertz CT molecular complexity index is 849. The van der Waals surface area contributed by atoms with Gasteiger partial charge in [0.05, 0.1) is 0 Å². The van der Waals surface area contributed by atoms with E-state index in [2.05, 4.69) is 40.9 Å². The molecule has 0 saturated heterocycles. The first-order valence-corrected chi connectivity index (χ1v) is 16.7.